The Morgan fingerprint density at radius 2 is 0.532 bits per heavy atom. The van der Waals surface area contributed by atoms with E-state index in [1.165, 1.54) is 295 Å². The van der Waals surface area contributed by atoms with Crippen molar-refractivity contribution in [1.82, 2.24) is 4.90 Å². The minimum absolute atomic E-state index is 0.459. The molecule has 2 nitrogen and oxygen atoms in total. The third-order valence-corrected chi connectivity index (χ3v) is 13.6. The van der Waals surface area contributed by atoms with Gasteiger partial charge in [0, 0.05) is 12.1 Å². The average molecular weight is 872 g/mol. The van der Waals surface area contributed by atoms with Gasteiger partial charge in [-0.25, -0.2) is 0 Å². The molecule has 372 valence electrons. The fourth-order valence-corrected chi connectivity index (χ4v) is 9.09. The van der Waals surface area contributed by atoms with Crippen molar-refractivity contribution in [1.29, 1.82) is 0 Å². The van der Waals surface area contributed by atoms with Crippen LogP contribution < -0.4 is 5.73 Å². The highest BCUT2D eigenvalue weighted by molar-refractivity contribution is 4.82. The highest BCUT2D eigenvalue weighted by atomic mass is 15.1. The van der Waals surface area contributed by atoms with Gasteiger partial charge in [0.15, 0.2) is 0 Å². The molecule has 0 heterocycles. The lowest BCUT2D eigenvalue weighted by Crippen LogP contribution is -2.27. The van der Waals surface area contributed by atoms with Gasteiger partial charge in [-0.3, -0.25) is 0 Å². The molecule has 2 unspecified atom stereocenters. The van der Waals surface area contributed by atoms with Gasteiger partial charge < -0.3 is 10.6 Å². The first-order valence-corrected chi connectivity index (χ1v) is 29.1. The van der Waals surface area contributed by atoms with Crippen LogP contribution in [0.2, 0.25) is 0 Å². The van der Waals surface area contributed by atoms with Crippen molar-refractivity contribution < 1.29 is 0 Å². The van der Waals surface area contributed by atoms with E-state index in [-0.39, 0.29) is 0 Å². The summed E-state index contributed by atoms with van der Waals surface area (Å²) in [5.74, 6) is 0.875. The lowest BCUT2D eigenvalue weighted by atomic mass is 9.99. The Balaban J connectivity index is 0. The molecule has 0 rings (SSSR count). The molecule has 0 fully saturated rings. The standard InChI is InChI=1S/C33H67N.C27H55N/c1-4-5-6-7-8-9-10-11-12-13-14-15-16-17-18-19-20-24-27-30-33(34)31-28-25-22-21-23-26-29-32(2)3;1-5-7-9-11-12-13-14-15-16-17-18-19-20-22-24-26-27(28(3)4)25-23-21-10-8-6-2/h11-12,32-33H,4-10,13-31,34H2,1-3H3;15-16,27H,5-14,17-26H2,1-4H3/b12-11+;16-15-. The van der Waals surface area contributed by atoms with E-state index in [9.17, 15) is 0 Å². The monoisotopic (exact) mass is 871 g/mol. The summed E-state index contributed by atoms with van der Waals surface area (Å²) in [6.07, 6.45) is 73.9. The van der Waals surface area contributed by atoms with Gasteiger partial charge in [-0.1, -0.05) is 277 Å². The van der Waals surface area contributed by atoms with Crippen molar-refractivity contribution in [2.24, 2.45) is 11.7 Å². The Hall–Kier alpha value is -0.600. The number of allylic oxidation sites excluding steroid dienone is 4. The molecule has 62 heavy (non-hydrogen) atoms. The summed E-state index contributed by atoms with van der Waals surface area (Å²) >= 11 is 0. The zero-order valence-corrected chi connectivity index (χ0v) is 44.6. The largest absolute Gasteiger partial charge is 0.328 e. The van der Waals surface area contributed by atoms with Crippen molar-refractivity contribution in [3.8, 4) is 0 Å². The average Bonchev–Trinajstić information content (AvgIpc) is 3.25. The summed E-state index contributed by atoms with van der Waals surface area (Å²) in [5.41, 5.74) is 6.34. The lowest BCUT2D eigenvalue weighted by molar-refractivity contribution is 0.251. The molecular formula is C60H122N2. The second-order valence-corrected chi connectivity index (χ2v) is 20.8. The smallest absolute Gasteiger partial charge is 0.00891 e. The fraction of sp³-hybridized carbons (Fsp3) is 0.933. The molecule has 2 heteroatoms. The van der Waals surface area contributed by atoms with E-state index in [0.717, 1.165) is 12.0 Å². The molecular weight excluding hydrogens is 749 g/mol. The van der Waals surface area contributed by atoms with E-state index in [4.69, 9.17) is 5.73 Å². The second-order valence-electron chi connectivity index (χ2n) is 20.8. The minimum atomic E-state index is 0.459. The molecule has 0 radical (unpaired) electrons. The maximum Gasteiger partial charge on any atom is 0.00891 e. The Morgan fingerprint density at radius 3 is 0.790 bits per heavy atom. The van der Waals surface area contributed by atoms with Crippen molar-refractivity contribution >= 4 is 0 Å². The maximum atomic E-state index is 6.34. The van der Waals surface area contributed by atoms with Gasteiger partial charge in [-0.05, 0) is 97.1 Å². The molecule has 2 N–H and O–H groups in total. The van der Waals surface area contributed by atoms with Crippen LogP contribution in [0.15, 0.2) is 24.3 Å². The summed E-state index contributed by atoms with van der Waals surface area (Å²) in [4.78, 5) is 2.47. The summed E-state index contributed by atoms with van der Waals surface area (Å²) < 4.78 is 0. The molecule has 0 amide bonds. The Kier molecular flexibility index (Phi) is 57.9. The van der Waals surface area contributed by atoms with Gasteiger partial charge >= 0.3 is 0 Å². The molecule has 0 aromatic heterocycles. The SMILES string of the molecule is CCCCCCCC/C=C/CCCCCCCCCCCC(N)CCCCCCCCC(C)C.CCCCCCCC/C=C\CCCCCCCC(CCCCCCC)N(C)C. The van der Waals surface area contributed by atoms with Gasteiger partial charge in [-0.15, -0.1) is 0 Å². The summed E-state index contributed by atoms with van der Waals surface area (Å²) in [6, 6.07) is 1.27. The zero-order chi connectivity index (χ0) is 45.7. The van der Waals surface area contributed by atoms with Gasteiger partial charge in [0.25, 0.3) is 0 Å². The Morgan fingerprint density at radius 1 is 0.306 bits per heavy atom. The molecule has 0 aromatic carbocycles. The van der Waals surface area contributed by atoms with Crippen LogP contribution in [0.25, 0.3) is 0 Å². The van der Waals surface area contributed by atoms with E-state index in [0.29, 0.717) is 6.04 Å². The first-order valence-electron chi connectivity index (χ1n) is 29.1. The second kappa shape index (κ2) is 56.5. The van der Waals surface area contributed by atoms with Crippen LogP contribution in [-0.2, 0) is 0 Å². The van der Waals surface area contributed by atoms with Gasteiger partial charge in [-0.2, -0.15) is 0 Å². The minimum Gasteiger partial charge on any atom is -0.328 e. The molecule has 0 aliphatic carbocycles. The summed E-state index contributed by atoms with van der Waals surface area (Å²) in [6.45, 7) is 11.6. The van der Waals surface area contributed by atoms with Crippen LogP contribution in [0.5, 0.6) is 0 Å². The number of rotatable bonds is 50. The summed E-state index contributed by atoms with van der Waals surface area (Å²) in [7, 11) is 4.54. The van der Waals surface area contributed by atoms with Crippen LogP contribution in [0.1, 0.15) is 330 Å². The Bertz CT molecular complexity index is 829. The number of nitrogens with zero attached hydrogens (tertiary/aromatic N) is 1. The first-order chi connectivity index (χ1) is 30.4. The van der Waals surface area contributed by atoms with Crippen molar-refractivity contribution in [3.05, 3.63) is 24.3 Å². The third kappa shape index (κ3) is 57.4. The highest BCUT2D eigenvalue weighted by Crippen LogP contribution is 2.19. The summed E-state index contributed by atoms with van der Waals surface area (Å²) in [5, 5.41) is 0. The molecule has 2 atom stereocenters. The quantitative estimate of drug-likeness (QED) is 0.0487. The van der Waals surface area contributed by atoms with Gasteiger partial charge in [0.2, 0.25) is 0 Å². The molecule has 0 bridgehead atoms. The van der Waals surface area contributed by atoms with Gasteiger partial charge in [0.05, 0.1) is 0 Å². The Labute approximate surface area is 395 Å². The number of hydrogen-bond donors (Lipinski definition) is 1. The first kappa shape index (κ1) is 63.5. The maximum absolute atomic E-state index is 6.34. The van der Waals surface area contributed by atoms with Crippen LogP contribution in [0, 0.1) is 5.92 Å². The highest BCUT2D eigenvalue weighted by Gasteiger charge is 2.10. The number of nitrogens with two attached hydrogens (primary N) is 1. The van der Waals surface area contributed by atoms with Crippen molar-refractivity contribution in [2.75, 3.05) is 14.1 Å². The van der Waals surface area contributed by atoms with Crippen LogP contribution in [-0.4, -0.2) is 31.1 Å². The normalized spacial score (nSPS) is 12.9. The van der Waals surface area contributed by atoms with Crippen molar-refractivity contribution in [3.63, 3.8) is 0 Å². The molecule has 0 spiro atoms. The zero-order valence-electron chi connectivity index (χ0n) is 44.6. The van der Waals surface area contributed by atoms with E-state index in [2.05, 4.69) is 77.9 Å². The van der Waals surface area contributed by atoms with Crippen LogP contribution in [0.3, 0.4) is 0 Å². The van der Waals surface area contributed by atoms with Crippen molar-refractivity contribution in [2.45, 2.75) is 342 Å². The van der Waals surface area contributed by atoms with Gasteiger partial charge in [0.1, 0.15) is 0 Å². The molecule has 0 aromatic rings. The third-order valence-electron chi connectivity index (χ3n) is 13.6. The molecule has 0 saturated heterocycles. The lowest BCUT2D eigenvalue weighted by Gasteiger charge is -2.24. The van der Waals surface area contributed by atoms with E-state index in [1.807, 2.05) is 0 Å². The predicted octanol–water partition coefficient (Wildman–Crippen LogP) is 21.0. The molecule has 0 saturated carbocycles. The topological polar surface area (TPSA) is 29.3 Å². The van der Waals surface area contributed by atoms with E-state index >= 15 is 0 Å². The molecule has 0 aliphatic heterocycles. The fourth-order valence-electron chi connectivity index (χ4n) is 9.09. The number of unbranched alkanes of at least 4 members (excludes halogenated alkanes) is 35. The predicted molar refractivity (Wildman–Crippen MR) is 288 cm³/mol. The van der Waals surface area contributed by atoms with Crippen LogP contribution >= 0.6 is 0 Å². The molecule has 0 aliphatic rings. The van der Waals surface area contributed by atoms with E-state index in [1.54, 1.807) is 0 Å². The van der Waals surface area contributed by atoms with E-state index < -0.39 is 0 Å². The van der Waals surface area contributed by atoms with Crippen LogP contribution in [0.4, 0.5) is 0 Å². The number of hydrogen-bond acceptors (Lipinski definition) is 2.